The minimum Gasteiger partial charge on any atom is -0.375 e. The minimum absolute atomic E-state index is 0.0406. The second-order valence-corrected chi connectivity index (χ2v) is 7.84. The molecular formula is C19H22N6OS. The number of likely N-dealkylation sites (tertiary alicyclic amines) is 1. The zero-order chi connectivity index (χ0) is 18.8. The molecule has 3 aromatic rings. The first-order valence-electron chi connectivity index (χ1n) is 9.04. The molecule has 0 aliphatic carbocycles. The number of piperidine rings is 1. The quantitative estimate of drug-likeness (QED) is 0.749. The predicted octanol–water partition coefficient (Wildman–Crippen LogP) is 2.69. The van der Waals surface area contributed by atoms with E-state index in [1.54, 1.807) is 6.20 Å². The van der Waals surface area contributed by atoms with Crippen molar-refractivity contribution < 1.29 is 4.79 Å². The Balaban J connectivity index is 1.42. The molecule has 4 heterocycles. The first-order valence-corrected chi connectivity index (χ1v) is 9.85. The number of carbonyl (C=O) groups excluding carboxylic acids is 1. The summed E-state index contributed by atoms with van der Waals surface area (Å²) >= 11 is 1.27. The van der Waals surface area contributed by atoms with Gasteiger partial charge in [-0.2, -0.15) is 0 Å². The van der Waals surface area contributed by atoms with E-state index in [1.165, 1.54) is 11.3 Å². The summed E-state index contributed by atoms with van der Waals surface area (Å²) in [4.78, 5) is 28.3. The Labute approximate surface area is 161 Å². The van der Waals surface area contributed by atoms with Gasteiger partial charge in [0.05, 0.1) is 12.2 Å². The SMILES string of the molecule is Cc1nc(N)sc1C(=O)N1CCC(c2nccn2Cc2cccnc2)CC1. The number of nitrogens with zero attached hydrogens (tertiary/aromatic N) is 5. The number of hydrogen-bond acceptors (Lipinski definition) is 6. The molecule has 140 valence electrons. The molecule has 1 aliphatic rings. The smallest absolute Gasteiger partial charge is 0.265 e. The van der Waals surface area contributed by atoms with Gasteiger partial charge in [0.2, 0.25) is 0 Å². The summed E-state index contributed by atoms with van der Waals surface area (Å²) in [7, 11) is 0. The van der Waals surface area contributed by atoms with Gasteiger partial charge in [-0.1, -0.05) is 17.4 Å². The van der Waals surface area contributed by atoms with Crippen LogP contribution in [0.4, 0.5) is 5.13 Å². The topological polar surface area (TPSA) is 89.9 Å². The number of thiazole rings is 1. The van der Waals surface area contributed by atoms with Gasteiger partial charge in [0, 0.05) is 43.8 Å². The van der Waals surface area contributed by atoms with Gasteiger partial charge in [-0.05, 0) is 31.4 Å². The summed E-state index contributed by atoms with van der Waals surface area (Å²) in [5.41, 5.74) is 7.61. The molecule has 0 bridgehead atoms. The lowest BCUT2D eigenvalue weighted by Gasteiger charge is -2.31. The average molecular weight is 382 g/mol. The Kier molecular flexibility index (Phi) is 4.89. The van der Waals surface area contributed by atoms with Crippen LogP contribution in [-0.4, -0.2) is 43.4 Å². The number of anilines is 1. The monoisotopic (exact) mass is 382 g/mol. The zero-order valence-electron chi connectivity index (χ0n) is 15.2. The molecule has 0 saturated carbocycles. The third-order valence-corrected chi connectivity index (χ3v) is 5.95. The van der Waals surface area contributed by atoms with Crippen molar-refractivity contribution in [2.75, 3.05) is 18.8 Å². The molecule has 1 saturated heterocycles. The van der Waals surface area contributed by atoms with Crippen LogP contribution >= 0.6 is 11.3 Å². The van der Waals surface area contributed by atoms with E-state index < -0.39 is 0 Å². The summed E-state index contributed by atoms with van der Waals surface area (Å²) in [6, 6.07) is 4.02. The average Bonchev–Trinajstić information content (AvgIpc) is 3.28. The van der Waals surface area contributed by atoms with Crippen molar-refractivity contribution >= 4 is 22.4 Å². The first-order chi connectivity index (χ1) is 13.1. The van der Waals surface area contributed by atoms with Crippen molar-refractivity contribution in [3.63, 3.8) is 0 Å². The standard InChI is InChI=1S/C19H22N6OS/c1-13-16(27-19(20)23-13)18(26)24-8-4-15(5-9-24)17-22-7-10-25(17)12-14-3-2-6-21-11-14/h2-3,6-7,10-11,15H,4-5,8-9,12H2,1H3,(H2,20,23). The molecule has 0 radical (unpaired) electrons. The van der Waals surface area contributed by atoms with E-state index in [0.29, 0.717) is 15.9 Å². The third kappa shape index (κ3) is 3.71. The van der Waals surface area contributed by atoms with Gasteiger partial charge < -0.3 is 15.2 Å². The van der Waals surface area contributed by atoms with Gasteiger partial charge in [0.25, 0.3) is 5.91 Å². The van der Waals surface area contributed by atoms with E-state index in [4.69, 9.17) is 5.73 Å². The summed E-state index contributed by atoms with van der Waals surface area (Å²) in [5.74, 6) is 1.48. The van der Waals surface area contributed by atoms with E-state index >= 15 is 0 Å². The van der Waals surface area contributed by atoms with Gasteiger partial charge in [-0.25, -0.2) is 9.97 Å². The molecule has 2 N–H and O–H groups in total. The van der Waals surface area contributed by atoms with Crippen LogP contribution in [-0.2, 0) is 6.54 Å². The molecule has 3 aromatic heterocycles. The molecule has 1 fully saturated rings. The molecule has 0 aromatic carbocycles. The van der Waals surface area contributed by atoms with Crippen molar-refractivity contribution in [1.82, 2.24) is 24.4 Å². The van der Waals surface area contributed by atoms with Crippen LogP contribution in [0.5, 0.6) is 0 Å². The summed E-state index contributed by atoms with van der Waals surface area (Å²) in [6.45, 7) is 4.05. The van der Waals surface area contributed by atoms with Gasteiger partial charge in [-0.15, -0.1) is 0 Å². The highest BCUT2D eigenvalue weighted by atomic mass is 32.1. The van der Waals surface area contributed by atoms with Gasteiger partial charge in [-0.3, -0.25) is 9.78 Å². The van der Waals surface area contributed by atoms with Crippen LogP contribution in [0.2, 0.25) is 0 Å². The molecule has 1 amide bonds. The number of nitrogens with two attached hydrogens (primary N) is 1. The Hall–Kier alpha value is -2.74. The van der Waals surface area contributed by atoms with Crippen LogP contribution in [0.25, 0.3) is 0 Å². The largest absolute Gasteiger partial charge is 0.375 e. The Morgan fingerprint density at radius 2 is 2.15 bits per heavy atom. The number of aryl methyl sites for hydroxylation is 1. The molecule has 0 spiro atoms. The summed E-state index contributed by atoms with van der Waals surface area (Å²) < 4.78 is 2.19. The van der Waals surface area contributed by atoms with Crippen LogP contribution in [0, 0.1) is 6.92 Å². The number of hydrogen-bond donors (Lipinski definition) is 1. The van der Waals surface area contributed by atoms with Crippen molar-refractivity contribution in [3.8, 4) is 0 Å². The van der Waals surface area contributed by atoms with Gasteiger partial charge in [0.1, 0.15) is 10.7 Å². The van der Waals surface area contributed by atoms with Crippen molar-refractivity contribution in [3.05, 3.63) is 58.9 Å². The molecule has 7 nitrogen and oxygen atoms in total. The fraction of sp³-hybridized carbons (Fsp3) is 0.368. The van der Waals surface area contributed by atoms with E-state index in [9.17, 15) is 4.79 Å². The van der Waals surface area contributed by atoms with Crippen LogP contribution in [0.1, 0.15) is 45.5 Å². The predicted molar refractivity (Wildman–Crippen MR) is 105 cm³/mol. The van der Waals surface area contributed by atoms with Crippen molar-refractivity contribution in [1.29, 1.82) is 0 Å². The highest BCUT2D eigenvalue weighted by Gasteiger charge is 2.28. The van der Waals surface area contributed by atoms with Crippen molar-refractivity contribution in [2.45, 2.75) is 32.2 Å². The molecule has 0 unspecified atom stereocenters. The fourth-order valence-corrected chi connectivity index (χ4v) is 4.40. The Morgan fingerprint density at radius 3 is 2.81 bits per heavy atom. The molecule has 0 atom stereocenters. The Morgan fingerprint density at radius 1 is 1.33 bits per heavy atom. The Bertz CT molecular complexity index is 927. The van der Waals surface area contributed by atoms with E-state index in [1.807, 2.05) is 36.5 Å². The summed E-state index contributed by atoms with van der Waals surface area (Å²) in [5, 5.41) is 0.447. The maximum Gasteiger partial charge on any atom is 0.265 e. The summed E-state index contributed by atoms with van der Waals surface area (Å²) in [6.07, 6.45) is 9.35. The maximum absolute atomic E-state index is 12.7. The number of pyridine rings is 1. The lowest BCUT2D eigenvalue weighted by Crippen LogP contribution is -2.38. The van der Waals surface area contributed by atoms with E-state index in [-0.39, 0.29) is 5.91 Å². The lowest BCUT2D eigenvalue weighted by molar-refractivity contribution is 0.0714. The number of carbonyl (C=O) groups is 1. The van der Waals surface area contributed by atoms with Gasteiger partial charge in [0.15, 0.2) is 5.13 Å². The molecule has 1 aliphatic heterocycles. The second kappa shape index (κ2) is 7.48. The van der Waals surface area contributed by atoms with Crippen molar-refractivity contribution in [2.24, 2.45) is 0 Å². The highest BCUT2D eigenvalue weighted by Crippen LogP contribution is 2.29. The molecular weight excluding hydrogens is 360 g/mol. The normalized spacial score (nSPS) is 15.2. The molecule has 8 heteroatoms. The van der Waals surface area contributed by atoms with E-state index in [2.05, 4.69) is 25.6 Å². The number of nitrogen functional groups attached to an aromatic ring is 1. The number of imidazole rings is 1. The number of rotatable bonds is 4. The number of amides is 1. The maximum atomic E-state index is 12.7. The number of aromatic nitrogens is 4. The van der Waals surface area contributed by atoms with Crippen LogP contribution < -0.4 is 5.73 Å². The van der Waals surface area contributed by atoms with E-state index in [0.717, 1.165) is 49.6 Å². The zero-order valence-corrected chi connectivity index (χ0v) is 16.0. The fourth-order valence-electron chi connectivity index (χ4n) is 3.60. The second-order valence-electron chi connectivity index (χ2n) is 6.81. The molecule has 27 heavy (non-hydrogen) atoms. The molecule has 4 rings (SSSR count). The minimum atomic E-state index is 0.0406. The highest BCUT2D eigenvalue weighted by molar-refractivity contribution is 7.17. The lowest BCUT2D eigenvalue weighted by atomic mass is 9.95. The van der Waals surface area contributed by atoms with Crippen LogP contribution in [0.3, 0.4) is 0 Å². The third-order valence-electron chi connectivity index (χ3n) is 4.98. The first kappa shape index (κ1) is 17.7. The van der Waals surface area contributed by atoms with Gasteiger partial charge >= 0.3 is 0 Å². The van der Waals surface area contributed by atoms with Crippen LogP contribution in [0.15, 0.2) is 36.9 Å².